The van der Waals surface area contributed by atoms with Crippen LogP contribution in [0.1, 0.15) is 34.8 Å². The summed E-state index contributed by atoms with van der Waals surface area (Å²) in [5, 5.41) is 1.91. The number of H-pyrrole nitrogens is 1. The number of aldehydes is 1. The standard InChI is InChI=1S/C12H9Cl2NO/c13-7-3-9(14)11-8(5-16)12(6-1-2-6)15-10(11)4-7/h3-6,15H,1-2H2. The fourth-order valence-electron chi connectivity index (χ4n) is 2.11. The molecule has 1 saturated carbocycles. The zero-order valence-electron chi connectivity index (χ0n) is 8.39. The maximum absolute atomic E-state index is 11.2. The molecule has 1 aromatic carbocycles. The van der Waals surface area contributed by atoms with Crippen molar-refractivity contribution in [2.75, 3.05) is 0 Å². The van der Waals surface area contributed by atoms with Crippen molar-refractivity contribution in [3.63, 3.8) is 0 Å². The lowest BCUT2D eigenvalue weighted by Gasteiger charge is -1.96. The molecule has 1 aromatic heterocycles. The number of aromatic amines is 1. The van der Waals surface area contributed by atoms with Crippen molar-refractivity contribution in [3.05, 3.63) is 33.4 Å². The van der Waals surface area contributed by atoms with Gasteiger partial charge < -0.3 is 4.98 Å². The molecule has 0 atom stereocenters. The fraction of sp³-hybridized carbons (Fsp3) is 0.250. The van der Waals surface area contributed by atoms with E-state index in [2.05, 4.69) is 4.98 Å². The zero-order chi connectivity index (χ0) is 11.3. The van der Waals surface area contributed by atoms with Gasteiger partial charge >= 0.3 is 0 Å². The van der Waals surface area contributed by atoms with Gasteiger partial charge in [-0.15, -0.1) is 0 Å². The van der Waals surface area contributed by atoms with E-state index in [0.29, 0.717) is 21.5 Å². The molecule has 0 radical (unpaired) electrons. The molecule has 0 bridgehead atoms. The number of nitrogens with one attached hydrogen (secondary N) is 1. The molecule has 82 valence electrons. The van der Waals surface area contributed by atoms with E-state index in [9.17, 15) is 4.79 Å². The normalized spacial score (nSPS) is 15.6. The molecule has 1 aliphatic rings. The third-order valence-corrected chi connectivity index (χ3v) is 3.50. The van der Waals surface area contributed by atoms with Crippen LogP contribution in [0.3, 0.4) is 0 Å². The van der Waals surface area contributed by atoms with Gasteiger partial charge in [0.05, 0.1) is 5.02 Å². The van der Waals surface area contributed by atoms with Crippen LogP contribution in [0.5, 0.6) is 0 Å². The molecule has 0 unspecified atom stereocenters. The Morgan fingerprint density at radius 1 is 1.31 bits per heavy atom. The molecule has 1 fully saturated rings. The van der Waals surface area contributed by atoms with Crippen LogP contribution in [0.25, 0.3) is 10.9 Å². The van der Waals surface area contributed by atoms with Crippen molar-refractivity contribution in [1.82, 2.24) is 4.98 Å². The highest BCUT2D eigenvalue weighted by molar-refractivity contribution is 6.39. The van der Waals surface area contributed by atoms with Gasteiger partial charge in [-0.2, -0.15) is 0 Å². The number of benzene rings is 1. The van der Waals surface area contributed by atoms with Gasteiger partial charge in [0, 0.05) is 27.2 Å². The molecular weight excluding hydrogens is 245 g/mol. The first kappa shape index (κ1) is 10.2. The predicted octanol–water partition coefficient (Wildman–Crippen LogP) is 4.16. The third kappa shape index (κ3) is 1.45. The SMILES string of the molecule is O=Cc1c(C2CC2)[nH]c2cc(Cl)cc(Cl)c12. The average Bonchev–Trinajstić information content (AvgIpc) is 2.99. The van der Waals surface area contributed by atoms with Crippen LogP contribution in [-0.2, 0) is 0 Å². The van der Waals surface area contributed by atoms with Gasteiger partial charge in [0.2, 0.25) is 0 Å². The Morgan fingerprint density at radius 3 is 2.69 bits per heavy atom. The van der Waals surface area contributed by atoms with E-state index in [0.717, 1.165) is 35.7 Å². The summed E-state index contributed by atoms with van der Waals surface area (Å²) < 4.78 is 0. The number of aromatic nitrogens is 1. The van der Waals surface area contributed by atoms with E-state index in [1.807, 2.05) is 6.07 Å². The molecule has 2 nitrogen and oxygen atoms in total. The van der Waals surface area contributed by atoms with Gasteiger partial charge in [-0.1, -0.05) is 23.2 Å². The molecule has 0 saturated heterocycles. The second-order valence-corrected chi connectivity index (χ2v) is 5.00. The summed E-state index contributed by atoms with van der Waals surface area (Å²) >= 11 is 12.1. The van der Waals surface area contributed by atoms with Crippen LogP contribution >= 0.6 is 23.2 Å². The maximum Gasteiger partial charge on any atom is 0.152 e. The van der Waals surface area contributed by atoms with Crippen LogP contribution in [0.15, 0.2) is 12.1 Å². The smallest absolute Gasteiger partial charge is 0.152 e. The molecule has 16 heavy (non-hydrogen) atoms. The fourth-order valence-corrected chi connectivity index (χ4v) is 2.70. The summed E-state index contributed by atoms with van der Waals surface area (Å²) in [5.74, 6) is 0.488. The molecule has 0 aliphatic heterocycles. The Bertz CT molecular complexity index is 584. The number of rotatable bonds is 2. The number of halogens is 2. The van der Waals surface area contributed by atoms with Gasteiger partial charge in [-0.3, -0.25) is 4.79 Å². The molecular formula is C12H9Cl2NO. The minimum atomic E-state index is 0.488. The molecule has 1 N–H and O–H groups in total. The summed E-state index contributed by atoms with van der Waals surface area (Å²) in [5.41, 5.74) is 2.55. The Labute approximate surface area is 103 Å². The Morgan fingerprint density at radius 2 is 2.06 bits per heavy atom. The van der Waals surface area contributed by atoms with Crippen LogP contribution in [0.4, 0.5) is 0 Å². The average molecular weight is 254 g/mol. The third-order valence-electron chi connectivity index (χ3n) is 2.99. The molecule has 3 rings (SSSR count). The van der Waals surface area contributed by atoms with Crippen LogP contribution in [0.2, 0.25) is 10.0 Å². The minimum Gasteiger partial charge on any atom is -0.357 e. The first-order valence-electron chi connectivity index (χ1n) is 5.16. The van der Waals surface area contributed by atoms with Crippen LogP contribution in [-0.4, -0.2) is 11.3 Å². The maximum atomic E-state index is 11.2. The van der Waals surface area contributed by atoms with Gasteiger partial charge in [0.15, 0.2) is 6.29 Å². The first-order chi connectivity index (χ1) is 7.70. The van der Waals surface area contributed by atoms with Gasteiger partial charge in [-0.05, 0) is 30.9 Å². The molecule has 4 heteroatoms. The zero-order valence-corrected chi connectivity index (χ0v) is 9.90. The summed E-state index contributed by atoms with van der Waals surface area (Å²) in [6.07, 6.45) is 3.16. The highest BCUT2D eigenvalue weighted by Crippen LogP contribution is 2.44. The summed E-state index contributed by atoms with van der Waals surface area (Å²) in [7, 11) is 0. The summed E-state index contributed by atoms with van der Waals surface area (Å²) in [4.78, 5) is 14.4. The molecule has 1 heterocycles. The second-order valence-electron chi connectivity index (χ2n) is 4.15. The monoisotopic (exact) mass is 253 g/mol. The summed E-state index contributed by atoms with van der Waals surface area (Å²) in [6.45, 7) is 0. The number of hydrogen-bond donors (Lipinski definition) is 1. The largest absolute Gasteiger partial charge is 0.357 e. The molecule has 0 amide bonds. The first-order valence-corrected chi connectivity index (χ1v) is 5.92. The van der Waals surface area contributed by atoms with Crippen molar-refractivity contribution in [2.24, 2.45) is 0 Å². The van der Waals surface area contributed by atoms with Crippen molar-refractivity contribution >= 4 is 40.4 Å². The number of hydrogen-bond acceptors (Lipinski definition) is 1. The highest BCUT2D eigenvalue weighted by atomic mass is 35.5. The van der Waals surface area contributed by atoms with Gasteiger partial charge in [-0.25, -0.2) is 0 Å². The van der Waals surface area contributed by atoms with Crippen molar-refractivity contribution in [3.8, 4) is 0 Å². The second kappa shape index (κ2) is 3.51. The number of carbonyl (C=O) groups excluding carboxylic acids is 1. The highest BCUT2D eigenvalue weighted by Gasteiger charge is 2.29. The van der Waals surface area contributed by atoms with E-state index >= 15 is 0 Å². The van der Waals surface area contributed by atoms with E-state index in [1.165, 1.54) is 0 Å². The van der Waals surface area contributed by atoms with Crippen molar-refractivity contribution < 1.29 is 4.79 Å². The quantitative estimate of drug-likeness (QED) is 0.801. The lowest BCUT2D eigenvalue weighted by Crippen LogP contribution is -1.86. The van der Waals surface area contributed by atoms with E-state index in [-0.39, 0.29) is 0 Å². The van der Waals surface area contributed by atoms with Gasteiger partial charge in [0.1, 0.15) is 0 Å². The lowest BCUT2D eigenvalue weighted by atomic mass is 10.1. The van der Waals surface area contributed by atoms with E-state index in [1.54, 1.807) is 6.07 Å². The predicted molar refractivity (Wildman–Crippen MR) is 65.7 cm³/mol. The van der Waals surface area contributed by atoms with Crippen LogP contribution < -0.4 is 0 Å². The minimum absolute atomic E-state index is 0.488. The van der Waals surface area contributed by atoms with E-state index in [4.69, 9.17) is 23.2 Å². The van der Waals surface area contributed by atoms with Crippen LogP contribution in [0, 0.1) is 0 Å². The molecule has 1 aliphatic carbocycles. The van der Waals surface area contributed by atoms with Crippen molar-refractivity contribution in [2.45, 2.75) is 18.8 Å². The molecule has 0 spiro atoms. The Hall–Kier alpha value is -0.990. The Kier molecular flexibility index (Phi) is 2.23. The lowest BCUT2D eigenvalue weighted by molar-refractivity contribution is 0.112. The van der Waals surface area contributed by atoms with E-state index < -0.39 is 0 Å². The van der Waals surface area contributed by atoms with Crippen molar-refractivity contribution in [1.29, 1.82) is 0 Å². The Balaban J connectivity index is 2.37. The van der Waals surface area contributed by atoms with Gasteiger partial charge in [0.25, 0.3) is 0 Å². The number of carbonyl (C=O) groups is 1. The number of fused-ring (bicyclic) bond motifs is 1. The summed E-state index contributed by atoms with van der Waals surface area (Å²) in [6, 6.07) is 3.48. The topological polar surface area (TPSA) is 32.9 Å². The molecule has 2 aromatic rings.